The van der Waals surface area contributed by atoms with Crippen molar-refractivity contribution in [1.82, 2.24) is 19.9 Å². The quantitative estimate of drug-likeness (QED) is 0.707. The second-order valence-corrected chi connectivity index (χ2v) is 5.84. The summed E-state index contributed by atoms with van der Waals surface area (Å²) < 4.78 is 0. The van der Waals surface area contributed by atoms with Gasteiger partial charge in [0.1, 0.15) is 0 Å². The van der Waals surface area contributed by atoms with Crippen molar-refractivity contribution >= 4 is 17.3 Å². The lowest BCUT2D eigenvalue weighted by molar-refractivity contribution is 0.856. The average molecular weight is 311 g/mol. The van der Waals surface area contributed by atoms with E-state index in [9.17, 15) is 0 Å². The number of hydrogen-bond donors (Lipinski definition) is 1. The smallest absolute Gasteiger partial charge is 0.223 e. The van der Waals surface area contributed by atoms with Gasteiger partial charge in [-0.15, -0.1) is 11.3 Å². The lowest BCUT2D eigenvalue weighted by Gasteiger charge is -2.06. The van der Waals surface area contributed by atoms with Crippen molar-refractivity contribution in [3.8, 4) is 11.3 Å². The normalized spacial score (nSPS) is 10.6. The van der Waals surface area contributed by atoms with E-state index in [0.717, 1.165) is 36.3 Å². The number of hydrogen-bond acceptors (Lipinski definition) is 6. The molecule has 0 aliphatic heterocycles. The third kappa shape index (κ3) is 3.65. The molecule has 3 heterocycles. The first-order valence-corrected chi connectivity index (χ1v) is 8.07. The van der Waals surface area contributed by atoms with Crippen molar-refractivity contribution in [2.75, 3.05) is 11.9 Å². The molecule has 3 rings (SSSR count). The highest BCUT2D eigenvalue weighted by molar-refractivity contribution is 7.09. The largest absolute Gasteiger partial charge is 0.354 e. The van der Waals surface area contributed by atoms with Crippen LogP contribution in [0.25, 0.3) is 11.3 Å². The summed E-state index contributed by atoms with van der Waals surface area (Å²) >= 11 is 1.72. The molecule has 0 aromatic carbocycles. The number of nitrogens with one attached hydrogen (secondary N) is 1. The van der Waals surface area contributed by atoms with E-state index in [1.165, 1.54) is 4.88 Å². The van der Waals surface area contributed by atoms with Gasteiger partial charge in [-0.05, 0) is 38.0 Å². The van der Waals surface area contributed by atoms with E-state index in [1.807, 2.05) is 23.7 Å². The Balaban J connectivity index is 1.56. The molecule has 0 aliphatic carbocycles. The summed E-state index contributed by atoms with van der Waals surface area (Å²) in [6.45, 7) is 2.90. The van der Waals surface area contributed by atoms with E-state index < -0.39 is 0 Å². The average Bonchev–Trinajstić information content (AvgIpc) is 2.98. The monoisotopic (exact) mass is 311 g/mol. The molecule has 3 aromatic heterocycles. The Kier molecular flexibility index (Phi) is 4.70. The first-order valence-electron chi connectivity index (χ1n) is 7.19. The molecule has 0 saturated heterocycles. The molecule has 0 fully saturated rings. The fraction of sp³-hybridized carbons (Fsp3) is 0.250. The summed E-state index contributed by atoms with van der Waals surface area (Å²) in [5.74, 6) is 0.655. The van der Waals surface area contributed by atoms with Crippen LogP contribution in [-0.2, 0) is 6.42 Å². The lowest BCUT2D eigenvalue weighted by atomic mass is 10.2. The van der Waals surface area contributed by atoms with Crippen LogP contribution in [0.1, 0.15) is 17.0 Å². The Morgan fingerprint density at radius 3 is 2.91 bits per heavy atom. The Hall–Kier alpha value is -2.34. The van der Waals surface area contributed by atoms with Crippen LogP contribution in [-0.4, -0.2) is 26.5 Å². The summed E-state index contributed by atoms with van der Waals surface area (Å²) in [6.07, 6.45) is 7.39. The Bertz CT molecular complexity index is 726. The number of rotatable bonds is 6. The molecule has 5 nitrogen and oxygen atoms in total. The third-order valence-electron chi connectivity index (χ3n) is 3.32. The van der Waals surface area contributed by atoms with Crippen molar-refractivity contribution in [2.45, 2.75) is 19.8 Å². The van der Waals surface area contributed by atoms with E-state index >= 15 is 0 Å². The molecular weight excluding hydrogens is 294 g/mol. The van der Waals surface area contributed by atoms with Crippen molar-refractivity contribution < 1.29 is 0 Å². The number of pyridine rings is 1. The molecule has 22 heavy (non-hydrogen) atoms. The van der Waals surface area contributed by atoms with Gasteiger partial charge >= 0.3 is 0 Å². The van der Waals surface area contributed by atoms with Crippen LogP contribution < -0.4 is 5.32 Å². The highest BCUT2D eigenvalue weighted by Gasteiger charge is 2.03. The SMILES string of the molecule is Cc1ncsc1CCCNc1nccc(-c2cccnc2)n1. The maximum atomic E-state index is 4.52. The van der Waals surface area contributed by atoms with Gasteiger partial charge in [-0.3, -0.25) is 4.98 Å². The molecule has 0 saturated carbocycles. The number of aromatic nitrogens is 4. The number of nitrogens with zero attached hydrogens (tertiary/aromatic N) is 4. The first kappa shape index (κ1) is 14.6. The second-order valence-electron chi connectivity index (χ2n) is 4.90. The van der Waals surface area contributed by atoms with Crippen molar-refractivity contribution in [3.05, 3.63) is 52.9 Å². The zero-order valence-electron chi connectivity index (χ0n) is 12.4. The molecule has 3 aromatic rings. The van der Waals surface area contributed by atoms with Crippen molar-refractivity contribution in [1.29, 1.82) is 0 Å². The Morgan fingerprint density at radius 1 is 1.18 bits per heavy atom. The standard InChI is InChI=1S/C16H17N5S/c1-12-15(22-11-20-12)5-3-8-18-16-19-9-6-14(21-16)13-4-2-7-17-10-13/h2,4,6-7,9-11H,3,5,8H2,1H3,(H,18,19,21). The topological polar surface area (TPSA) is 63.6 Å². The summed E-state index contributed by atoms with van der Waals surface area (Å²) in [4.78, 5) is 18.5. The Labute approximate surface area is 133 Å². The van der Waals surface area contributed by atoms with Gasteiger partial charge in [0.2, 0.25) is 5.95 Å². The van der Waals surface area contributed by atoms with Crippen LogP contribution in [0.4, 0.5) is 5.95 Å². The lowest BCUT2D eigenvalue weighted by Crippen LogP contribution is -2.06. The molecule has 0 bridgehead atoms. The van der Waals surface area contributed by atoms with Crippen LogP contribution in [0.5, 0.6) is 0 Å². The number of anilines is 1. The van der Waals surface area contributed by atoms with Gasteiger partial charge in [0.25, 0.3) is 0 Å². The zero-order chi connectivity index (χ0) is 15.2. The molecule has 6 heteroatoms. The van der Waals surface area contributed by atoms with Crippen LogP contribution in [0.2, 0.25) is 0 Å². The van der Waals surface area contributed by atoms with Gasteiger partial charge in [-0.2, -0.15) is 0 Å². The van der Waals surface area contributed by atoms with Gasteiger partial charge < -0.3 is 5.32 Å². The van der Waals surface area contributed by atoms with Gasteiger partial charge in [0, 0.05) is 35.6 Å². The van der Waals surface area contributed by atoms with E-state index in [0.29, 0.717) is 5.95 Å². The van der Waals surface area contributed by atoms with Gasteiger partial charge in [-0.25, -0.2) is 15.0 Å². The highest BCUT2D eigenvalue weighted by atomic mass is 32.1. The van der Waals surface area contributed by atoms with Crippen molar-refractivity contribution in [3.63, 3.8) is 0 Å². The number of aryl methyl sites for hydroxylation is 2. The van der Waals surface area contributed by atoms with Crippen molar-refractivity contribution in [2.24, 2.45) is 0 Å². The summed E-state index contributed by atoms with van der Waals surface area (Å²) in [5, 5.41) is 3.28. The van der Waals surface area contributed by atoms with E-state index in [4.69, 9.17) is 0 Å². The summed E-state index contributed by atoms with van der Waals surface area (Å²) in [6, 6.07) is 5.79. The molecule has 0 aliphatic rings. The van der Waals surface area contributed by atoms with E-state index in [-0.39, 0.29) is 0 Å². The molecule has 112 valence electrons. The Morgan fingerprint density at radius 2 is 2.14 bits per heavy atom. The van der Waals surface area contributed by atoms with Crippen LogP contribution >= 0.6 is 11.3 Å². The van der Waals surface area contributed by atoms with Gasteiger partial charge in [0.05, 0.1) is 16.9 Å². The maximum Gasteiger partial charge on any atom is 0.223 e. The van der Waals surface area contributed by atoms with E-state index in [2.05, 4.69) is 32.2 Å². The number of thiazole rings is 1. The summed E-state index contributed by atoms with van der Waals surface area (Å²) in [5.41, 5.74) is 4.91. The third-order valence-corrected chi connectivity index (χ3v) is 4.32. The van der Waals surface area contributed by atoms with Crippen LogP contribution in [0, 0.1) is 6.92 Å². The zero-order valence-corrected chi connectivity index (χ0v) is 13.2. The highest BCUT2D eigenvalue weighted by Crippen LogP contribution is 2.16. The minimum Gasteiger partial charge on any atom is -0.354 e. The summed E-state index contributed by atoms with van der Waals surface area (Å²) in [7, 11) is 0. The second kappa shape index (κ2) is 7.09. The van der Waals surface area contributed by atoms with Gasteiger partial charge in [-0.1, -0.05) is 0 Å². The molecule has 0 amide bonds. The fourth-order valence-corrected chi connectivity index (χ4v) is 2.96. The van der Waals surface area contributed by atoms with Crippen LogP contribution in [0.15, 0.2) is 42.3 Å². The fourth-order valence-electron chi connectivity index (χ4n) is 2.13. The molecule has 0 spiro atoms. The molecular formula is C16H17N5S. The van der Waals surface area contributed by atoms with Gasteiger partial charge in [0.15, 0.2) is 0 Å². The molecule has 0 atom stereocenters. The molecule has 0 unspecified atom stereocenters. The van der Waals surface area contributed by atoms with Crippen LogP contribution in [0.3, 0.4) is 0 Å². The minimum absolute atomic E-state index is 0.655. The first-order chi connectivity index (χ1) is 10.8. The molecule has 1 N–H and O–H groups in total. The predicted octanol–water partition coefficient (Wildman–Crippen LogP) is 3.35. The molecule has 0 radical (unpaired) electrons. The minimum atomic E-state index is 0.655. The van der Waals surface area contributed by atoms with E-state index in [1.54, 1.807) is 29.9 Å². The predicted molar refractivity (Wildman–Crippen MR) is 88.9 cm³/mol. The maximum absolute atomic E-state index is 4.52.